The molecule has 4 aromatic rings. The van der Waals surface area contributed by atoms with Gasteiger partial charge in [-0.3, -0.25) is 9.59 Å². The third-order valence-corrected chi connectivity index (χ3v) is 8.90. The van der Waals surface area contributed by atoms with E-state index in [9.17, 15) is 9.59 Å². The number of hydrogen-bond acceptors (Lipinski definition) is 9. The third-order valence-electron chi connectivity index (χ3n) is 8.90. The highest BCUT2D eigenvalue weighted by Crippen LogP contribution is 2.47. The zero-order chi connectivity index (χ0) is 34.6. The van der Waals surface area contributed by atoms with Crippen LogP contribution in [0.4, 0.5) is 5.69 Å². The maximum atomic E-state index is 12.1. The Hall–Kier alpha value is -4.86. The standard InChI is InChI=1S/C41H45NO8/c1-2-3-23-45-26-27-48-39(43)17-18-40(44)49-29-28-47-33-15-13-32(14-16-33)41(31-9-5-4-6-10-31)20-19-36-34-11-7-8-12-35(34)37(30-38(36)50-41)42-21-24-46-25-22-42/h4-16,19-20,30H,2-3,17-18,21-29H2,1H3. The summed E-state index contributed by atoms with van der Waals surface area (Å²) in [5.74, 6) is 0.537. The molecule has 0 aromatic heterocycles. The Bertz CT molecular complexity index is 1750. The van der Waals surface area contributed by atoms with Gasteiger partial charge in [0.15, 0.2) is 5.60 Å². The van der Waals surface area contributed by atoms with Gasteiger partial charge in [0.05, 0.1) is 32.7 Å². The highest BCUT2D eigenvalue weighted by atomic mass is 16.6. The van der Waals surface area contributed by atoms with Crippen LogP contribution in [0.25, 0.3) is 16.8 Å². The summed E-state index contributed by atoms with van der Waals surface area (Å²) in [7, 11) is 0. The van der Waals surface area contributed by atoms with Crippen LogP contribution in [0.1, 0.15) is 49.3 Å². The van der Waals surface area contributed by atoms with Gasteiger partial charge in [0, 0.05) is 53.5 Å². The Morgan fingerprint density at radius 1 is 0.760 bits per heavy atom. The number of benzene rings is 4. The van der Waals surface area contributed by atoms with Crippen LogP contribution in [-0.2, 0) is 34.1 Å². The molecule has 0 radical (unpaired) electrons. The van der Waals surface area contributed by atoms with Crippen molar-refractivity contribution < 1.29 is 38.0 Å². The lowest BCUT2D eigenvalue weighted by Crippen LogP contribution is -2.37. The number of anilines is 1. The highest BCUT2D eigenvalue weighted by molar-refractivity contribution is 6.02. The number of morpholine rings is 1. The lowest BCUT2D eigenvalue weighted by atomic mass is 9.83. The van der Waals surface area contributed by atoms with Gasteiger partial charge in [0.2, 0.25) is 0 Å². The predicted octanol–water partition coefficient (Wildman–Crippen LogP) is 7.09. The molecular weight excluding hydrogens is 634 g/mol. The van der Waals surface area contributed by atoms with Crippen molar-refractivity contribution in [2.24, 2.45) is 0 Å². The topological polar surface area (TPSA) is 92.8 Å². The van der Waals surface area contributed by atoms with Crippen LogP contribution in [-0.4, -0.2) is 71.3 Å². The van der Waals surface area contributed by atoms with E-state index in [1.54, 1.807) is 0 Å². The van der Waals surface area contributed by atoms with Crippen molar-refractivity contribution in [2.45, 2.75) is 38.2 Å². The first-order chi connectivity index (χ1) is 24.6. The summed E-state index contributed by atoms with van der Waals surface area (Å²) in [6.07, 6.45) is 6.25. The fourth-order valence-corrected chi connectivity index (χ4v) is 6.27. The van der Waals surface area contributed by atoms with Gasteiger partial charge in [0.1, 0.15) is 31.3 Å². The van der Waals surface area contributed by atoms with Gasteiger partial charge in [-0.1, -0.05) is 80.1 Å². The summed E-state index contributed by atoms with van der Waals surface area (Å²) in [5.41, 5.74) is 3.30. The van der Waals surface area contributed by atoms with Crippen molar-refractivity contribution in [3.05, 3.63) is 108 Å². The number of nitrogens with zero attached hydrogens (tertiary/aromatic N) is 1. The van der Waals surface area contributed by atoms with Crippen LogP contribution >= 0.6 is 0 Å². The zero-order valence-corrected chi connectivity index (χ0v) is 28.6. The molecule has 0 amide bonds. The summed E-state index contributed by atoms with van der Waals surface area (Å²) >= 11 is 0. The minimum absolute atomic E-state index is 0.0367. The van der Waals surface area contributed by atoms with E-state index < -0.39 is 17.5 Å². The number of unbranched alkanes of at least 4 members (excludes halogenated alkanes) is 1. The average Bonchev–Trinajstić information content (AvgIpc) is 3.17. The van der Waals surface area contributed by atoms with Crippen molar-refractivity contribution >= 4 is 34.5 Å². The number of esters is 2. The summed E-state index contributed by atoms with van der Waals surface area (Å²) in [5, 5.41) is 2.35. The molecule has 0 spiro atoms. The molecule has 9 heteroatoms. The SMILES string of the molecule is CCCCOCCOC(=O)CCC(=O)OCCOc1ccc(C2(c3ccccc3)C=Cc3c(cc(N4CCOCC4)c4ccccc34)O2)cc1. The van der Waals surface area contributed by atoms with E-state index in [1.807, 2.05) is 42.5 Å². The Morgan fingerprint density at radius 2 is 1.42 bits per heavy atom. The molecule has 2 aliphatic heterocycles. The van der Waals surface area contributed by atoms with Gasteiger partial charge >= 0.3 is 11.9 Å². The predicted molar refractivity (Wildman–Crippen MR) is 193 cm³/mol. The van der Waals surface area contributed by atoms with Gasteiger partial charge in [0.25, 0.3) is 0 Å². The minimum Gasteiger partial charge on any atom is -0.490 e. The van der Waals surface area contributed by atoms with E-state index in [1.165, 1.54) is 5.39 Å². The van der Waals surface area contributed by atoms with E-state index in [0.717, 1.165) is 59.4 Å². The molecule has 0 saturated carbocycles. The fraction of sp³-hybridized carbons (Fsp3) is 0.366. The Morgan fingerprint density at radius 3 is 2.14 bits per heavy atom. The first-order valence-electron chi connectivity index (χ1n) is 17.5. The van der Waals surface area contributed by atoms with Gasteiger partial charge in [-0.25, -0.2) is 0 Å². The number of hydrogen-bond donors (Lipinski definition) is 0. The molecule has 0 N–H and O–H groups in total. The second-order valence-corrected chi connectivity index (χ2v) is 12.3. The molecule has 1 unspecified atom stereocenters. The van der Waals surface area contributed by atoms with E-state index in [2.05, 4.69) is 66.4 Å². The smallest absolute Gasteiger partial charge is 0.306 e. The van der Waals surface area contributed by atoms with Gasteiger partial charge < -0.3 is 33.3 Å². The summed E-state index contributed by atoms with van der Waals surface area (Å²) in [4.78, 5) is 26.4. The molecule has 1 atom stereocenters. The number of rotatable bonds is 16. The van der Waals surface area contributed by atoms with Crippen LogP contribution in [0.15, 0.2) is 91.0 Å². The Labute approximate surface area is 293 Å². The van der Waals surface area contributed by atoms with Crippen LogP contribution < -0.4 is 14.4 Å². The number of carbonyl (C=O) groups is 2. The largest absolute Gasteiger partial charge is 0.490 e. The second kappa shape index (κ2) is 17.2. The zero-order valence-electron chi connectivity index (χ0n) is 28.6. The summed E-state index contributed by atoms with van der Waals surface area (Å²) < 4.78 is 34.3. The molecule has 0 bridgehead atoms. The maximum absolute atomic E-state index is 12.1. The first-order valence-corrected chi connectivity index (χ1v) is 17.5. The molecule has 6 rings (SSSR count). The Balaban J connectivity index is 1.09. The van der Waals surface area contributed by atoms with Gasteiger partial charge in [-0.2, -0.15) is 0 Å². The van der Waals surface area contributed by atoms with Crippen molar-refractivity contribution in [2.75, 3.05) is 64.2 Å². The molecule has 1 fully saturated rings. The van der Waals surface area contributed by atoms with Gasteiger partial charge in [-0.05, 0) is 36.1 Å². The number of ether oxygens (including phenoxy) is 6. The minimum atomic E-state index is -0.865. The number of fused-ring (bicyclic) bond motifs is 3. The van der Waals surface area contributed by atoms with Crippen LogP contribution in [0.5, 0.6) is 11.5 Å². The molecule has 0 aliphatic carbocycles. The molecule has 262 valence electrons. The molecule has 2 heterocycles. The lowest BCUT2D eigenvalue weighted by Gasteiger charge is -2.38. The van der Waals surface area contributed by atoms with Crippen molar-refractivity contribution in [1.29, 1.82) is 0 Å². The first kappa shape index (κ1) is 35.0. The van der Waals surface area contributed by atoms with Crippen molar-refractivity contribution in [3.8, 4) is 11.5 Å². The second-order valence-electron chi connectivity index (χ2n) is 12.3. The fourth-order valence-electron chi connectivity index (χ4n) is 6.27. The summed E-state index contributed by atoms with van der Waals surface area (Å²) in [6, 6.07) is 28.7. The van der Waals surface area contributed by atoms with Crippen LogP contribution in [0.3, 0.4) is 0 Å². The van der Waals surface area contributed by atoms with E-state index >= 15 is 0 Å². The number of carbonyl (C=O) groups excluding carboxylic acids is 2. The van der Waals surface area contributed by atoms with Crippen molar-refractivity contribution in [1.82, 2.24) is 0 Å². The molecule has 9 nitrogen and oxygen atoms in total. The molecule has 4 aromatic carbocycles. The molecule has 2 aliphatic rings. The van der Waals surface area contributed by atoms with E-state index in [0.29, 0.717) is 32.2 Å². The van der Waals surface area contributed by atoms with E-state index in [-0.39, 0.29) is 32.7 Å². The quantitative estimate of drug-likeness (QED) is 0.0910. The van der Waals surface area contributed by atoms with Crippen molar-refractivity contribution in [3.63, 3.8) is 0 Å². The van der Waals surface area contributed by atoms with Crippen LogP contribution in [0, 0.1) is 0 Å². The molecule has 50 heavy (non-hydrogen) atoms. The third kappa shape index (κ3) is 8.46. The monoisotopic (exact) mass is 679 g/mol. The van der Waals surface area contributed by atoms with E-state index in [4.69, 9.17) is 28.4 Å². The van der Waals surface area contributed by atoms with Crippen LogP contribution in [0.2, 0.25) is 0 Å². The molecular formula is C41H45NO8. The lowest BCUT2D eigenvalue weighted by molar-refractivity contribution is -0.151. The molecule has 1 saturated heterocycles. The van der Waals surface area contributed by atoms with Gasteiger partial charge in [-0.15, -0.1) is 0 Å². The summed E-state index contributed by atoms with van der Waals surface area (Å²) in [6.45, 7) is 6.56. The average molecular weight is 680 g/mol. The maximum Gasteiger partial charge on any atom is 0.306 e. The normalized spacial score (nSPS) is 16.8. The Kier molecular flexibility index (Phi) is 12.0. The highest BCUT2D eigenvalue weighted by Gasteiger charge is 2.38.